The van der Waals surface area contributed by atoms with Crippen LogP contribution in [0.25, 0.3) is 0 Å². The molecule has 0 spiro atoms. The van der Waals surface area contributed by atoms with Crippen LogP contribution in [0.3, 0.4) is 0 Å². The molecule has 16 heavy (non-hydrogen) atoms. The van der Waals surface area contributed by atoms with Crippen LogP contribution in [0.5, 0.6) is 0 Å². The lowest BCUT2D eigenvalue weighted by atomic mass is 10.0. The van der Waals surface area contributed by atoms with Crippen LogP contribution in [0.15, 0.2) is 0 Å². The Morgan fingerprint density at radius 1 is 1.06 bits per heavy atom. The van der Waals surface area contributed by atoms with Gasteiger partial charge in [-0.15, -0.1) is 0 Å². The fraction of sp³-hybridized carbons (Fsp3) is 1.00. The van der Waals surface area contributed by atoms with Crippen LogP contribution in [0.1, 0.15) is 65.7 Å². The molecule has 3 nitrogen and oxygen atoms in total. The lowest BCUT2D eigenvalue weighted by molar-refractivity contribution is 0.0290. The predicted molar refractivity (Wildman–Crippen MR) is 70.2 cm³/mol. The number of hydrogen-bond donors (Lipinski definition) is 2. The molecule has 0 aromatic rings. The molecule has 0 heterocycles. The third-order valence-corrected chi connectivity index (χ3v) is 3.06. The highest BCUT2D eigenvalue weighted by Gasteiger charge is 2.18. The van der Waals surface area contributed by atoms with Crippen molar-refractivity contribution in [3.63, 3.8) is 0 Å². The van der Waals surface area contributed by atoms with Gasteiger partial charge in [-0.1, -0.05) is 46.0 Å². The summed E-state index contributed by atoms with van der Waals surface area (Å²) in [5, 5.41) is 0. The fourth-order valence-corrected chi connectivity index (χ4v) is 2.08. The first-order chi connectivity index (χ1) is 7.79. The molecule has 2 unspecified atom stereocenters. The van der Waals surface area contributed by atoms with Gasteiger partial charge in [0.05, 0.1) is 6.10 Å². The van der Waals surface area contributed by atoms with Crippen molar-refractivity contribution in [3.05, 3.63) is 0 Å². The molecule has 0 aromatic carbocycles. The number of nitrogens with one attached hydrogen (secondary N) is 1. The Morgan fingerprint density at radius 2 is 1.75 bits per heavy atom. The zero-order valence-corrected chi connectivity index (χ0v) is 11.3. The van der Waals surface area contributed by atoms with Crippen molar-refractivity contribution in [1.82, 2.24) is 5.43 Å². The summed E-state index contributed by atoms with van der Waals surface area (Å²) in [5.74, 6) is 5.59. The van der Waals surface area contributed by atoms with Gasteiger partial charge >= 0.3 is 0 Å². The smallest absolute Gasteiger partial charge is 0.0738 e. The molecule has 0 saturated heterocycles. The van der Waals surface area contributed by atoms with Gasteiger partial charge in [0.15, 0.2) is 0 Å². The van der Waals surface area contributed by atoms with Gasteiger partial charge in [-0.2, -0.15) is 0 Å². The van der Waals surface area contributed by atoms with Crippen molar-refractivity contribution in [2.45, 2.75) is 77.9 Å². The maximum atomic E-state index is 5.68. The first-order valence-electron chi connectivity index (χ1n) is 6.87. The summed E-state index contributed by atoms with van der Waals surface area (Å²) < 4.78 is 5.68. The molecule has 0 amide bonds. The van der Waals surface area contributed by atoms with E-state index in [4.69, 9.17) is 10.6 Å². The van der Waals surface area contributed by atoms with E-state index in [-0.39, 0.29) is 6.10 Å². The van der Waals surface area contributed by atoms with Crippen molar-refractivity contribution in [2.24, 2.45) is 5.84 Å². The van der Waals surface area contributed by atoms with Crippen molar-refractivity contribution in [1.29, 1.82) is 0 Å². The van der Waals surface area contributed by atoms with Crippen molar-refractivity contribution in [2.75, 3.05) is 6.61 Å². The van der Waals surface area contributed by atoms with E-state index in [2.05, 4.69) is 19.3 Å². The van der Waals surface area contributed by atoms with E-state index < -0.39 is 0 Å². The molecule has 0 rings (SSSR count). The minimum absolute atomic E-state index is 0.265. The Kier molecular flexibility index (Phi) is 11.3. The lowest BCUT2D eigenvalue weighted by Crippen LogP contribution is -2.45. The van der Waals surface area contributed by atoms with Gasteiger partial charge in [-0.3, -0.25) is 11.3 Å². The highest BCUT2D eigenvalue weighted by molar-refractivity contribution is 4.74. The van der Waals surface area contributed by atoms with Crippen molar-refractivity contribution in [3.8, 4) is 0 Å². The van der Waals surface area contributed by atoms with Crippen LogP contribution in [-0.4, -0.2) is 18.8 Å². The van der Waals surface area contributed by atoms with E-state index in [1.807, 2.05) is 6.92 Å². The van der Waals surface area contributed by atoms with Crippen LogP contribution < -0.4 is 11.3 Å². The second-order valence-electron chi connectivity index (χ2n) is 4.38. The van der Waals surface area contributed by atoms with E-state index in [9.17, 15) is 0 Å². The van der Waals surface area contributed by atoms with Gasteiger partial charge in [0.25, 0.3) is 0 Å². The van der Waals surface area contributed by atoms with Crippen LogP contribution in [0.2, 0.25) is 0 Å². The van der Waals surface area contributed by atoms with Crippen LogP contribution in [0.4, 0.5) is 0 Å². The van der Waals surface area contributed by atoms with Gasteiger partial charge < -0.3 is 4.74 Å². The summed E-state index contributed by atoms with van der Waals surface area (Å²) in [6.07, 6.45) is 8.97. The zero-order valence-electron chi connectivity index (χ0n) is 11.3. The Bertz CT molecular complexity index is 142. The molecule has 3 N–H and O–H groups in total. The molecule has 0 saturated carbocycles. The minimum Gasteiger partial charge on any atom is -0.377 e. The van der Waals surface area contributed by atoms with Crippen molar-refractivity contribution >= 4 is 0 Å². The van der Waals surface area contributed by atoms with Crippen LogP contribution in [-0.2, 0) is 4.74 Å². The van der Waals surface area contributed by atoms with E-state index in [0.29, 0.717) is 6.04 Å². The largest absolute Gasteiger partial charge is 0.377 e. The van der Waals surface area contributed by atoms with Crippen molar-refractivity contribution < 1.29 is 4.74 Å². The third-order valence-electron chi connectivity index (χ3n) is 3.06. The highest BCUT2D eigenvalue weighted by atomic mass is 16.5. The monoisotopic (exact) mass is 230 g/mol. The normalized spacial score (nSPS) is 15.0. The minimum atomic E-state index is 0.265. The standard InChI is InChI=1S/C13H30N2O/c1-4-7-8-9-10-11-12(15-14)13(5-2)16-6-3/h12-13,15H,4-11,14H2,1-3H3. The fourth-order valence-electron chi connectivity index (χ4n) is 2.08. The molecule has 0 aliphatic carbocycles. The molecule has 98 valence electrons. The highest BCUT2D eigenvalue weighted by Crippen LogP contribution is 2.13. The summed E-state index contributed by atoms with van der Waals surface area (Å²) in [7, 11) is 0. The Balaban J connectivity index is 3.70. The Morgan fingerprint density at radius 3 is 2.25 bits per heavy atom. The van der Waals surface area contributed by atoms with E-state index >= 15 is 0 Å². The summed E-state index contributed by atoms with van der Waals surface area (Å²) in [4.78, 5) is 0. The molecule has 3 heteroatoms. The molecular formula is C13H30N2O. The number of rotatable bonds is 11. The van der Waals surface area contributed by atoms with E-state index in [1.54, 1.807) is 0 Å². The maximum Gasteiger partial charge on any atom is 0.0738 e. The molecule has 0 fully saturated rings. The first-order valence-corrected chi connectivity index (χ1v) is 6.87. The van der Waals surface area contributed by atoms with Crippen LogP contribution >= 0.6 is 0 Å². The van der Waals surface area contributed by atoms with E-state index in [0.717, 1.165) is 19.4 Å². The molecular weight excluding hydrogens is 200 g/mol. The molecule has 0 aliphatic rings. The van der Waals surface area contributed by atoms with Gasteiger partial charge in [-0.25, -0.2) is 0 Å². The summed E-state index contributed by atoms with van der Waals surface area (Å²) in [6.45, 7) is 7.21. The zero-order chi connectivity index (χ0) is 12.2. The van der Waals surface area contributed by atoms with E-state index in [1.165, 1.54) is 32.1 Å². The van der Waals surface area contributed by atoms with Gasteiger partial charge in [0, 0.05) is 12.6 Å². The lowest BCUT2D eigenvalue weighted by Gasteiger charge is -2.25. The average molecular weight is 230 g/mol. The Labute approximate surface area is 101 Å². The molecule has 2 atom stereocenters. The topological polar surface area (TPSA) is 47.3 Å². The molecule has 0 radical (unpaired) electrons. The first kappa shape index (κ1) is 15.9. The number of unbranched alkanes of at least 4 members (excludes halogenated alkanes) is 4. The quantitative estimate of drug-likeness (QED) is 0.326. The molecule has 0 aromatic heterocycles. The second-order valence-corrected chi connectivity index (χ2v) is 4.38. The molecule has 0 aliphatic heterocycles. The molecule has 0 bridgehead atoms. The number of hydrazine groups is 1. The Hall–Kier alpha value is -0.120. The summed E-state index contributed by atoms with van der Waals surface area (Å²) in [5.41, 5.74) is 2.90. The second kappa shape index (κ2) is 11.4. The third kappa shape index (κ3) is 7.20. The average Bonchev–Trinajstić information content (AvgIpc) is 2.31. The summed E-state index contributed by atoms with van der Waals surface area (Å²) in [6, 6.07) is 0.312. The SMILES string of the molecule is CCCCCCCC(NN)C(CC)OCC. The maximum absolute atomic E-state index is 5.68. The van der Waals surface area contributed by atoms with Gasteiger partial charge in [0.1, 0.15) is 0 Å². The van der Waals surface area contributed by atoms with Crippen LogP contribution in [0, 0.1) is 0 Å². The predicted octanol–water partition coefficient (Wildman–Crippen LogP) is 2.99. The van der Waals surface area contributed by atoms with Gasteiger partial charge in [-0.05, 0) is 19.8 Å². The number of nitrogens with two attached hydrogens (primary N) is 1. The summed E-state index contributed by atoms with van der Waals surface area (Å²) >= 11 is 0. The van der Waals surface area contributed by atoms with Gasteiger partial charge in [0.2, 0.25) is 0 Å². The number of hydrogen-bond acceptors (Lipinski definition) is 3. The number of ether oxygens (including phenoxy) is 1.